The molecule has 1 unspecified atom stereocenters. The molecule has 17 heavy (non-hydrogen) atoms. The molecule has 1 atom stereocenters. The zero-order valence-corrected chi connectivity index (χ0v) is 10.9. The normalized spacial score (nSPS) is 21.6. The molecule has 94 valence electrons. The van der Waals surface area contributed by atoms with E-state index in [1.54, 1.807) is 0 Å². The zero-order valence-electron chi connectivity index (χ0n) is 10.9. The minimum Gasteiger partial charge on any atom is -0.311 e. The van der Waals surface area contributed by atoms with E-state index in [0.29, 0.717) is 6.04 Å². The van der Waals surface area contributed by atoms with Crippen LogP contribution in [0.1, 0.15) is 11.1 Å². The van der Waals surface area contributed by atoms with E-state index < -0.39 is 0 Å². The van der Waals surface area contributed by atoms with E-state index in [4.69, 9.17) is 0 Å². The first-order valence-corrected chi connectivity index (χ1v) is 6.42. The van der Waals surface area contributed by atoms with Crippen molar-refractivity contribution in [1.82, 2.24) is 15.5 Å². The van der Waals surface area contributed by atoms with E-state index in [0.717, 1.165) is 32.7 Å². The first-order valence-electron chi connectivity index (χ1n) is 6.42. The third-order valence-electron chi connectivity index (χ3n) is 3.26. The number of likely N-dealkylation sites (N-methyl/N-ethyl adjacent to an activating group) is 1. The molecule has 1 aliphatic heterocycles. The average Bonchev–Trinajstić information content (AvgIpc) is 2.29. The van der Waals surface area contributed by atoms with Gasteiger partial charge in [-0.3, -0.25) is 0 Å². The molecule has 1 heterocycles. The summed E-state index contributed by atoms with van der Waals surface area (Å²) < 4.78 is 0. The third-order valence-corrected chi connectivity index (χ3v) is 3.26. The summed E-state index contributed by atoms with van der Waals surface area (Å²) in [4.78, 5) is 2.38. The molecule has 0 bridgehead atoms. The minimum absolute atomic E-state index is 0.582. The van der Waals surface area contributed by atoms with Crippen molar-refractivity contribution in [1.29, 1.82) is 0 Å². The molecule has 1 saturated heterocycles. The SMILES string of the molecule is Cc1cccc(CNCC2CN(C)CCN2)c1. The molecule has 0 radical (unpaired) electrons. The van der Waals surface area contributed by atoms with Crippen molar-refractivity contribution in [2.24, 2.45) is 0 Å². The minimum atomic E-state index is 0.582. The van der Waals surface area contributed by atoms with Crippen LogP contribution in [0.4, 0.5) is 0 Å². The first-order chi connectivity index (χ1) is 8.24. The summed E-state index contributed by atoms with van der Waals surface area (Å²) in [6, 6.07) is 9.27. The summed E-state index contributed by atoms with van der Waals surface area (Å²) >= 11 is 0. The topological polar surface area (TPSA) is 27.3 Å². The lowest BCUT2D eigenvalue weighted by atomic mass is 10.1. The van der Waals surface area contributed by atoms with Gasteiger partial charge in [0.15, 0.2) is 0 Å². The van der Waals surface area contributed by atoms with Gasteiger partial charge in [0, 0.05) is 38.8 Å². The van der Waals surface area contributed by atoms with Crippen LogP contribution < -0.4 is 10.6 Å². The number of nitrogens with zero attached hydrogens (tertiary/aromatic N) is 1. The maximum Gasteiger partial charge on any atom is 0.0320 e. The van der Waals surface area contributed by atoms with Crippen LogP contribution in [0.5, 0.6) is 0 Å². The van der Waals surface area contributed by atoms with Crippen LogP contribution in [-0.2, 0) is 6.54 Å². The fourth-order valence-electron chi connectivity index (χ4n) is 2.34. The standard InChI is InChI=1S/C14H23N3/c1-12-4-3-5-13(8-12)9-15-10-14-11-17(2)7-6-16-14/h3-5,8,14-16H,6-7,9-11H2,1-2H3. The van der Waals surface area contributed by atoms with Gasteiger partial charge in [0.05, 0.1) is 0 Å². The molecule has 0 aliphatic carbocycles. The van der Waals surface area contributed by atoms with Crippen LogP contribution in [0.25, 0.3) is 0 Å². The molecule has 1 fully saturated rings. The van der Waals surface area contributed by atoms with Crippen LogP contribution in [-0.4, -0.2) is 44.2 Å². The molecule has 3 nitrogen and oxygen atoms in total. The van der Waals surface area contributed by atoms with Gasteiger partial charge in [-0.2, -0.15) is 0 Å². The molecular weight excluding hydrogens is 210 g/mol. The van der Waals surface area contributed by atoms with E-state index in [1.165, 1.54) is 11.1 Å². The monoisotopic (exact) mass is 233 g/mol. The molecule has 0 aromatic heterocycles. The van der Waals surface area contributed by atoms with Gasteiger partial charge < -0.3 is 15.5 Å². The maximum absolute atomic E-state index is 3.54. The van der Waals surface area contributed by atoms with Gasteiger partial charge in [0.2, 0.25) is 0 Å². The highest BCUT2D eigenvalue weighted by Crippen LogP contribution is 2.03. The van der Waals surface area contributed by atoms with Crippen LogP contribution in [0.2, 0.25) is 0 Å². The molecule has 0 saturated carbocycles. The van der Waals surface area contributed by atoms with Gasteiger partial charge in [-0.05, 0) is 19.5 Å². The molecule has 1 aromatic carbocycles. The third kappa shape index (κ3) is 4.11. The lowest BCUT2D eigenvalue weighted by Crippen LogP contribution is -2.52. The van der Waals surface area contributed by atoms with Crippen molar-refractivity contribution in [3.05, 3.63) is 35.4 Å². The van der Waals surface area contributed by atoms with Crippen molar-refractivity contribution in [2.75, 3.05) is 33.2 Å². The molecule has 0 amide bonds. The Morgan fingerprint density at radius 3 is 3.12 bits per heavy atom. The van der Waals surface area contributed by atoms with Crippen LogP contribution in [0.15, 0.2) is 24.3 Å². The molecule has 2 rings (SSSR count). The molecule has 3 heteroatoms. The van der Waals surface area contributed by atoms with Crippen LogP contribution in [0, 0.1) is 6.92 Å². The number of aryl methyl sites for hydroxylation is 1. The van der Waals surface area contributed by atoms with Crippen LogP contribution >= 0.6 is 0 Å². The molecular formula is C14H23N3. The largest absolute Gasteiger partial charge is 0.311 e. The summed E-state index contributed by atoms with van der Waals surface area (Å²) in [6.07, 6.45) is 0. The highest BCUT2D eigenvalue weighted by Gasteiger charge is 2.15. The lowest BCUT2D eigenvalue weighted by Gasteiger charge is -2.31. The Morgan fingerprint density at radius 1 is 1.47 bits per heavy atom. The number of nitrogens with one attached hydrogen (secondary N) is 2. The second kappa shape index (κ2) is 6.15. The van der Waals surface area contributed by atoms with E-state index in [-0.39, 0.29) is 0 Å². The van der Waals surface area contributed by atoms with Crippen molar-refractivity contribution >= 4 is 0 Å². The quantitative estimate of drug-likeness (QED) is 0.812. The summed E-state index contributed by atoms with van der Waals surface area (Å²) in [5, 5.41) is 7.07. The Kier molecular flexibility index (Phi) is 4.54. The van der Waals surface area contributed by atoms with Gasteiger partial charge in [0.1, 0.15) is 0 Å². The summed E-state index contributed by atoms with van der Waals surface area (Å²) in [5.74, 6) is 0. The van der Waals surface area contributed by atoms with E-state index in [2.05, 4.69) is 53.8 Å². The second-order valence-corrected chi connectivity index (χ2v) is 5.03. The van der Waals surface area contributed by atoms with E-state index in [1.807, 2.05) is 0 Å². The van der Waals surface area contributed by atoms with Gasteiger partial charge in [-0.15, -0.1) is 0 Å². The average molecular weight is 233 g/mol. The molecule has 1 aromatic rings. The summed E-state index contributed by atoms with van der Waals surface area (Å²) in [5.41, 5.74) is 2.70. The number of hydrogen-bond acceptors (Lipinski definition) is 3. The lowest BCUT2D eigenvalue weighted by molar-refractivity contribution is 0.235. The summed E-state index contributed by atoms with van der Waals surface area (Å²) in [6.45, 7) is 7.55. The number of rotatable bonds is 4. The Labute approximate surface area is 104 Å². The highest BCUT2D eigenvalue weighted by atomic mass is 15.2. The van der Waals surface area contributed by atoms with Crippen molar-refractivity contribution < 1.29 is 0 Å². The zero-order chi connectivity index (χ0) is 12.1. The second-order valence-electron chi connectivity index (χ2n) is 5.03. The van der Waals surface area contributed by atoms with Crippen molar-refractivity contribution in [3.63, 3.8) is 0 Å². The maximum atomic E-state index is 3.54. The predicted octanol–water partition coefficient (Wildman–Crippen LogP) is 0.988. The smallest absolute Gasteiger partial charge is 0.0320 e. The Bertz CT molecular complexity index is 351. The fourth-order valence-corrected chi connectivity index (χ4v) is 2.34. The van der Waals surface area contributed by atoms with Gasteiger partial charge in [-0.25, -0.2) is 0 Å². The Hall–Kier alpha value is -0.900. The number of benzene rings is 1. The first kappa shape index (κ1) is 12.6. The highest BCUT2D eigenvalue weighted by molar-refractivity contribution is 5.21. The van der Waals surface area contributed by atoms with E-state index in [9.17, 15) is 0 Å². The van der Waals surface area contributed by atoms with Gasteiger partial charge >= 0.3 is 0 Å². The molecule has 2 N–H and O–H groups in total. The number of piperazine rings is 1. The predicted molar refractivity (Wildman–Crippen MR) is 72.2 cm³/mol. The molecule has 1 aliphatic rings. The van der Waals surface area contributed by atoms with Gasteiger partial charge in [-0.1, -0.05) is 29.8 Å². The Balaban J connectivity index is 1.72. The molecule has 0 spiro atoms. The van der Waals surface area contributed by atoms with E-state index >= 15 is 0 Å². The fraction of sp³-hybridized carbons (Fsp3) is 0.571. The van der Waals surface area contributed by atoms with Crippen molar-refractivity contribution in [2.45, 2.75) is 19.5 Å². The summed E-state index contributed by atoms with van der Waals surface area (Å²) in [7, 11) is 2.19. The Morgan fingerprint density at radius 2 is 2.35 bits per heavy atom. The number of hydrogen-bond donors (Lipinski definition) is 2. The van der Waals surface area contributed by atoms with Gasteiger partial charge in [0.25, 0.3) is 0 Å². The van der Waals surface area contributed by atoms with Crippen molar-refractivity contribution in [3.8, 4) is 0 Å². The van der Waals surface area contributed by atoms with Crippen LogP contribution in [0.3, 0.4) is 0 Å².